The molecule has 2 aromatic carbocycles. The summed E-state index contributed by atoms with van der Waals surface area (Å²) in [7, 11) is 2.07. The van der Waals surface area contributed by atoms with Crippen LogP contribution in [0.15, 0.2) is 42.5 Å². The lowest BCUT2D eigenvalue weighted by molar-refractivity contribution is 0.223. The first-order valence-corrected chi connectivity index (χ1v) is 7.43. The molecule has 0 aliphatic carbocycles. The molecule has 0 saturated heterocycles. The third-order valence-corrected chi connectivity index (χ3v) is 4.52. The number of rotatable bonds is 2. The molecule has 0 bridgehead atoms. The van der Waals surface area contributed by atoms with Crippen molar-refractivity contribution in [1.29, 1.82) is 0 Å². The van der Waals surface area contributed by atoms with E-state index in [1.807, 2.05) is 24.3 Å². The van der Waals surface area contributed by atoms with Crippen LogP contribution >= 0.6 is 11.6 Å². The second-order valence-electron chi connectivity index (χ2n) is 5.57. The highest BCUT2D eigenvalue weighted by Gasteiger charge is 2.31. The highest BCUT2D eigenvalue weighted by molar-refractivity contribution is 6.30. The van der Waals surface area contributed by atoms with Gasteiger partial charge in [0.15, 0.2) is 0 Å². The number of halogens is 2. The van der Waals surface area contributed by atoms with Crippen LogP contribution in [0, 0.1) is 5.82 Å². The molecule has 0 spiro atoms. The Morgan fingerprint density at radius 2 is 1.90 bits per heavy atom. The molecule has 2 atom stereocenters. The third kappa shape index (κ3) is 2.69. The lowest BCUT2D eigenvalue weighted by Crippen LogP contribution is -2.39. The Labute approximate surface area is 129 Å². The van der Waals surface area contributed by atoms with Crippen LogP contribution in [0.25, 0.3) is 0 Å². The number of fused-ring (bicyclic) bond motifs is 1. The monoisotopic (exact) mass is 304 g/mol. The van der Waals surface area contributed by atoms with Gasteiger partial charge in [0.2, 0.25) is 0 Å². The van der Waals surface area contributed by atoms with Gasteiger partial charge in [0.25, 0.3) is 0 Å². The second kappa shape index (κ2) is 5.76. The molecule has 0 aromatic heterocycles. The van der Waals surface area contributed by atoms with Gasteiger partial charge < -0.3 is 5.73 Å². The van der Waals surface area contributed by atoms with Crippen LogP contribution in [0.5, 0.6) is 0 Å². The van der Waals surface area contributed by atoms with Gasteiger partial charge in [0.1, 0.15) is 5.82 Å². The van der Waals surface area contributed by atoms with Gasteiger partial charge in [-0.2, -0.15) is 0 Å². The Morgan fingerprint density at radius 3 is 2.57 bits per heavy atom. The zero-order valence-corrected chi connectivity index (χ0v) is 12.6. The fraction of sp³-hybridized carbons (Fsp3) is 0.294. The third-order valence-electron chi connectivity index (χ3n) is 4.28. The van der Waals surface area contributed by atoms with E-state index in [0.717, 1.165) is 17.1 Å². The molecular formula is C17H18ClFN2. The molecule has 2 aromatic rings. The minimum atomic E-state index is -0.209. The quantitative estimate of drug-likeness (QED) is 0.919. The van der Waals surface area contributed by atoms with E-state index in [4.69, 9.17) is 17.3 Å². The molecule has 0 fully saturated rings. The molecule has 1 heterocycles. The van der Waals surface area contributed by atoms with Crippen molar-refractivity contribution in [3.63, 3.8) is 0 Å². The summed E-state index contributed by atoms with van der Waals surface area (Å²) in [6, 6.07) is 12.9. The normalized spacial score (nSPS) is 22.1. The van der Waals surface area contributed by atoms with Gasteiger partial charge in [0.05, 0.1) is 0 Å². The lowest BCUT2D eigenvalue weighted by Gasteiger charge is -2.39. The Kier molecular flexibility index (Phi) is 3.98. The molecule has 2 unspecified atom stereocenters. The molecule has 2 nitrogen and oxygen atoms in total. The van der Waals surface area contributed by atoms with Crippen molar-refractivity contribution in [3.05, 3.63) is 70.0 Å². The van der Waals surface area contributed by atoms with E-state index in [1.165, 1.54) is 23.3 Å². The number of benzene rings is 2. The van der Waals surface area contributed by atoms with Crippen molar-refractivity contribution in [1.82, 2.24) is 4.90 Å². The molecule has 3 rings (SSSR count). The molecule has 1 aliphatic rings. The summed E-state index contributed by atoms with van der Waals surface area (Å²) in [6.07, 6.45) is 0. The Morgan fingerprint density at radius 1 is 1.19 bits per heavy atom. The predicted octanol–water partition coefficient (Wildman–Crippen LogP) is 3.56. The van der Waals surface area contributed by atoms with Gasteiger partial charge in [-0.1, -0.05) is 29.8 Å². The van der Waals surface area contributed by atoms with Crippen molar-refractivity contribution in [2.75, 3.05) is 20.1 Å². The van der Waals surface area contributed by atoms with E-state index in [0.29, 0.717) is 6.54 Å². The van der Waals surface area contributed by atoms with Crippen LogP contribution in [-0.4, -0.2) is 25.0 Å². The maximum Gasteiger partial charge on any atom is 0.123 e. The van der Waals surface area contributed by atoms with E-state index < -0.39 is 0 Å². The van der Waals surface area contributed by atoms with Gasteiger partial charge in [-0.15, -0.1) is 0 Å². The molecular weight excluding hydrogens is 287 g/mol. The van der Waals surface area contributed by atoms with E-state index in [9.17, 15) is 4.39 Å². The van der Waals surface area contributed by atoms with Crippen molar-refractivity contribution in [3.8, 4) is 0 Å². The topological polar surface area (TPSA) is 29.3 Å². The van der Waals surface area contributed by atoms with Crippen LogP contribution in [0.1, 0.15) is 28.7 Å². The maximum atomic E-state index is 13.2. The summed E-state index contributed by atoms with van der Waals surface area (Å²) in [5.41, 5.74) is 9.45. The molecule has 0 radical (unpaired) electrons. The molecule has 2 N–H and O–H groups in total. The van der Waals surface area contributed by atoms with Crippen molar-refractivity contribution >= 4 is 11.6 Å². The minimum absolute atomic E-state index is 0.176. The van der Waals surface area contributed by atoms with E-state index in [1.54, 1.807) is 0 Å². The first kappa shape index (κ1) is 14.5. The standard InChI is InChI=1S/C17H18ClFN2/c1-21-10-16(11-2-5-13(19)6-3-11)14-7-4-12(18)8-15(14)17(21)9-20/h2-8,16-17H,9-10,20H2,1H3. The number of hydrogen-bond donors (Lipinski definition) is 1. The highest BCUT2D eigenvalue weighted by Crippen LogP contribution is 2.39. The Hall–Kier alpha value is -1.42. The summed E-state index contributed by atoms with van der Waals surface area (Å²) < 4.78 is 13.2. The SMILES string of the molecule is CN1CC(c2ccc(F)cc2)c2ccc(Cl)cc2C1CN. The summed E-state index contributed by atoms with van der Waals surface area (Å²) in [5.74, 6) is 0.00439. The van der Waals surface area contributed by atoms with E-state index in [2.05, 4.69) is 18.0 Å². The van der Waals surface area contributed by atoms with Gasteiger partial charge in [0, 0.05) is 30.1 Å². The summed E-state index contributed by atoms with van der Waals surface area (Å²) in [6.45, 7) is 1.42. The Balaban J connectivity index is 2.09. The van der Waals surface area contributed by atoms with Crippen LogP contribution in [0.2, 0.25) is 5.02 Å². The zero-order chi connectivity index (χ0) is 15.0. The predicted molar refractivity (Wildman–Crippen MR) is 84.1 cm³/mol. The molecule has 21 heavy (non-hydrogen) atoms. The van der Waals surface area contributed by atoms with Crippen molar-refractivity contribution in [2.24, 2.45) is 5.73 Å². The maximum absolute atomic E-state index is 13.2. The molecule has 110 valence electrons. The fourth-order valence-corrected chi connectivity index (χ4v) is 3.37. The smallest absolute Gasteiger partial charge is 0.123 e. The van der Waals surface area contributed by atoms with Crippen molar-refractivity contribution in [2.45, 2.75) is 12.0 Å². The highest BCUT2D eigenvalue weighted by atomic mass is 35.5. The molecule has 0 saturated carbocycles. The number of likely N-dealkylation sites (N-methyl/N-ethyl adjacent to an activating group) is 1. The summed E-state index contributed by atoms with van der Waals surface area (Å²) in [5, 5.41) is 0.723. The zero-order valence-electron chi connectivity index (χ0n) is 11.9. The van der Waals surface area contributed by atoms with E-state index in [-0.39, 0.29) is 17.8 Å². The molecule has 1 aliphatic heterocycles. The Bertz CT molecular complexity index is 642. The number of nitrogens with two attached hydrogens (primary N) is 1. The second-order valence-corrected chi connectivity index (χ2v) is 6.00. The van der Waals surface area contributed by atoms with Crippen LogP contribution in [0.4, 0.5) is 4.39 Å². The molecule has 4 heteroatoms. The summed E-state index contributed by atoms with van der Waals surface area (Å²) in [4.78, 5) is 2.24. The van der Waals surface area contributed by atoms with Gasteiger partial charge in [-0.05, 0) is 48.0 Å². The average Bonchev–Trinajstić information content (AvgIpc) is 2.47. The van der Waals surface area contributed by atoms with Crippen LogP contribution in [-0.2, 0) is 0 Å². The first-order valence-electron chi connectivity index (χ1n) is 7.05. The number of nitrogens with zero attached hydrogens (tertiary/aromatic N) is 1. The van der Waals surface area contributed by atoms with Crippen LogP contribution in [0.3, 0.4) is 0 Å². The van der Waals surface area contributed by atoms with Gasteiger partial charge in [-0.25, -0.2) is 4.39 Å². The largest absolute Gasteiger partial charge is 0.329 e. The number of hydrogen-bond acceptors (Lipinski definition) is 2. The van der Waals surface area contributed by atoms with E-state index >= 15 is 0 Å². The van der Waals surface area contributed by atoms with Crippen molar-refractivity contribution < 1.29 is 4.39 Å². The van der Waals surface area contributed by atoms with Gasteiger partial charge in [-0.3, -0.25) is 4.90 Å². The fourth-order valence-electron chi connectivity index (χ4n) is 3.19. The van der Waals surface area contributed by atoms with Gasteiger partial charge >= 0.3 is 0 Å². The average molecular weight is 305 g/mol. The first-order chi connectivity index (χ1) is 10.1. The summed E-state index contributed by atoms with van der Waals surface area (Å²) >= 11 is 6.15. The minimum Gasteiger partial charge on any atom is -0.329 e. The van der Waals surface area contributed by atoms with Crippen LogP contribution < -0.4 is 5.73 Å². The lowest BCUT2D eigenvalue weighted by atomic mass is 9.81. The molecule has 0 amide bonds.